The predicted octanol–water partition coefficient (Wildman–Crippen LogP) is 1.24. The smallest absolute Gasteiger partial charge is 0.236 e. The molecule has 3 heteroatoms. The van der Waals surface area contributed by atoms with Gasteiger partial charge >= 0.3 is 0 Å². The third-order valence-electron chi connectivity index (χ3n) is 2.98. The summed E-state index contributed by atoms with van der Waals surface area (Å²) in [5.74, 6) is 0.985. The van der Waals surface area contributed by atoms with Gasteiger partial charge in [-0.25, -0.2) is 0 Å². The lowest BCUT2D eigenvalue weighted by Crippen LogP contribution is -2.40. The summed E-state index contributed by atoms with van der Waals surface area (Å²) in [5, 5.41) is 3.34. The minimum atomic E-state index is 0.170. The zero-order valence-corrected chi connectivity index (χ0v) is 9.55. The van der Waals surface area contributed by atoms with E-state index in [2.05, 4.69) is 12.2 Å². The van der Waals surface area contributed by atoms with Crippen LogP contribution >= 0.6 is 0 Å². The Bertz CT molecular complexity index is 192. The van der Waals surface area contributed by atoms with Gasteiger partial charge in [-0.1, -0.05) is 19.8 Å². The molecule has 0 radical (unpaired) electrons. The topological polar surface area (TPSA) is 32.3 Å². The van der Waals surface area contributed by atoms with Crippen LogP contribution in [0.1, 0.15) is 32.6 Å². The van der Waals surface area contributed by atoms with Crippen LogP contribution in [0.5, 0.6) is 0 Å². The first-order valence-electron chi connectivity index (χ1n) is 5.53. The maximum Gasteiger partial charge on any atom is 0.236 e. The highest BCUT2D eigenvalue weighted by Gasteiger charge is 2.18. The summed E-state index contributed by atoms with van der Waals surface area (Å²) in [4.78, 5) is 13.0. The number of hydrogen-bond donors (Lipinski definition) is 1. The van der Waals surface area contributed by atoms with Crippen molar-refractivity contribution in [3.63, 3.8) is 0 Å². The van der Waals surface area contributed by atoms with E-state index in [1.165, 1.54) is 25.7 Å². The molecule has 2 unspecified atom stereocenters. The number of hydrogen-bond acceptors (Lipinski definition) is 2. The molecule has 1 saturated carbocycles. The molecular formula is C11H22N2O. The van der Waals surface area contributed by atoms with Crippen LogP contribution in [0.2, 0.25) is 0 Å². The Kier molecular flexibility index (Phi) is 4.39. The van der Waals surface area contributed by atoms with Crippen LogP contribution < -0.4 is 5.32 Å². The number of rotatable bonds is 3. The van der Waals surface area contributed by atoms with Crippen molar-refractivity contribution >= 4 is 5.91 Å². The van der Waals surface area contributed by atoms with Gasteiger partial charge in [0.05, 0.1) is 6.54 Å². The molecule has 1 aliphatic carbocycles. The van der Waals surface area contributed by atoms with Crippen LogP contribution in [0.4, 0.5) is 0 Å². The van der Waals surface area contributed by atoms with Gasteiger partial charge in [0.25, 0.3) is 0 Å². The highest BCUT2D eigenvalue weighted by Crippen LogP contribution is 2.23. The van der Waals surface area contributed by atoms with Crippen molar-refractivity contribution in [2.24, 2.45) is 5.92 Å². The number of likely N-dealkylation sites (N-methyl/N-ethyl adjacent to an activating group) is 1. The molecule has 0 aromatic heterocycles. The van der Waals surface area contributed by atoms with E-state index in [4.69, 9.17) is 0 Å². The van der Waals surface area contributed by atoms with E-state index in [1.807, 2.05) is 0 Å². The molecule has 0 spiro atoms. The van der Waals surface area contributed by atoms with Gasteiger partial charge in [-0.3, -0.25) is 4.79 Å². The molecule has 1 fully saturated rings. The number of carbonyl (C=O) groups excluding carboxylic acids is 1. The summed E-state index contributed by atoms with van der Waals surface area (Å²) in [6.07, 6.45) is 5.10. The van der Waals surface area contributed by atoms with Gasteiger partial charge in [0.15, 0.2) is 0 Å². The van der Waals surface area contributed by atoms with Crippen molar-refractivity contribution in [2.75, 3.05) is 20.6 Å². The van der Waals surface area contributed by atoms with Crippen molar-refractivity contribution < 1.29 is 4.79 Å². The lowest BCUT2D eigenvalue weighted by Gasteiger charge is -2.27. The highest BCUT2D eigenvalue weighted by atomic mass is 16.2. The van der Waals surface area contributed by atoms with E-state index >= 15 is 0 Å². The first-order valence-corrected chi connectivity index (χ1v) is 5.53. The summed E-state index contributed by atoms with van der Waals surface area (Å²) in [7, 11) is 3.60. The average Bonchev–Trinajstić information content (AvgIpc) is 2.14. The zero-order chi connectivity index (χ0) is 10.6. The average molecular weight is 198 g/mol. The van der Waals surface area contributed by atoms with Gasteiger partial charge in [-0.2, -0.15) is 0 Å². The second-order valence-corrected chi connectivity index (χ2v) is 4.64. The molecule has 0 saturated heterocycles. The van der Waals surface area contributed by atoms with E-state index in [1.54, 1.807) is 19.0 Å². The molecule has 0 heterocycles. The Morgan fingerprint density at radius 2 is 2.14 bits per heavy atom. The molecule has 3 nitrogen and oxygen atoms in total. The number of carbonyl (C=O) groups is 1. The van der Waals surface area contributed by atoms with Gasteiger partial charge in [-0.05, 0) is 18.8 Å². The first-order chi connectivity index (χ1) is 6.59. The first kappa shape index (κ1) is 11.5. The molecule has 1 rings (SSSR count). The Balaban J connectivity index is 2.20. The second kappa shape index (κ2) is 5.35. The number of nitrogens with one attached hydrogen (secondary N) is 1. The van der Waals surface area contributed by atoms with E-state index in [0.29, 0.717) is 12.6 Å². The second-order valence-electron chi connectivity index (χ2n) is 4.64. The molecule has 0 aromatic rings. The quantitative estimate of drug-likeness (QED) is 0.740. The van der Waals surface area contributed by atoms with Crippen LogP contribution in [0, 0.1) is 5.92 Å². The third-order valence-corrected chi connectivity index (χ3v) is 2.98. The van der Waals surface area contributed by atoms with Crippen molar-refractivity contribution in [1.29, 1.82) is 0 Å². The Labute approximate surface area is 86.9 Å². The summed E-state index contributed by atoms with van der Waals surface area (Å²) in [5.41, 5.74) is 0. The van der Waals surface area contributed by atoms with Crippen molar-refractivity contribution in [2.45, 2.75) is 38.6 Å². The highest BCUT2D eigenvalue weighted by molar-refractivity contribution is 5.77. The third kappa shape index (κ3) is 3.66. The van der Waals surface area contributed by atoms with E-state index in [9.17, 15) is 4.79 Å². The summed E-state index contributed by atoms with van der Waals surface area (Å²) in [6.45, 7) is 2.78. The summed E-state index contributed by atoms with van der Waals surface area (Å²) >= 11 is 0. The fraction of sp³-hybridized carbons (Fsp3) is 0.909. The Morgan fingerprint density at radius 3 is 2.71 bits per heavy atom. The van der Waals surface area contributed by atoms with Gasteiger partial charge < -0.3 is 10.2 Å². The Morgan fingerprint density at radius 1 is 1.43 bits per heavy atom. The predicted molar refractivity (Wildman–Crippen MR) is 58.1 cm³/mol. The van der Waals surface area contributed by atoms with Gasteiger partial charge in [0.2, 0.25) is 5.91 Å². The summed E-state index contributed by atoms with van der Waals surface area (Å²) < 4.78 is 0. The maximum absolute atomic E-state index is 11.3. The molecule has 0 aromatic carbocycles. The van der Waals surface area contributed by atoms with Crippen molar-refractivity contribution in [3.05, 3.63) is 0 Å². The molecule has 2 atom stereocenters. The lowest BCUT2D eigenvalue weighted by molar-refractivity contribution is -0.127. The zero-order valence-electron chi connectivity index (χ0n) is 9.55. The van der Waals surface area contributed by atoms with Gasteiger partial charge in [0.1, 0.15) is 0 Å². The van der Waals surface area contributed by atoms with E-state index < -0.39 is 0 Å². The SMILES string of the molecule is CC1CCCC(NCC(=O)N(C)C)C1. The van der Waals surface area contributed by atoms with Crippen molar-refractivity contribution in [3.8, 4) is 0 Å². The summed E-state index contributed by atoms with van der Waals surface area (Å²) in [6, 6.07) is 0.558. The van der Waals surface area contributed by atoms with Gasteiger partial charge in [0, 0.05) is 20.1 Å². The number of amides is 1. The molecule has 1 N–H and O–H groups in total. The van der Waals surface area contributed by atoms with Crippen LogP contribution in [-0.4, -0.2) is 37.5 Å². The molecule has 1 aliphatic rings. The normalized spacial score (nSPS) is 27.4. The Hall–Kier alpha value is -0.570. The van der Waals surface area contributed by atoms with Gasteiger partial charge in [-0.15, -0.1) is 0 Å². The van der Waals surface area contributed by atoms with Crippen molar-refractivity contribution in [1.82, 2.24) is 10.2 Å². The minimum absolute atomic E-state index is 0.170. The molecule has 1 amide bonds. The fourth-order valence-corrected chi connectivity index (χ4v) is 2.01. The maximum atomic E-state index is 11.3. The lowest BCUT2D eigenvalue weighted by atomic mass is 9.87. The molecule has 14 heavy (non-hydrogen) atoms. The van der Waals surface area contributed by atoms with E-state index in [0.717, 1.165) is 5.92 Å². The van der Waals surface area contributed by atoms with Crippen LogP contribution in [0.3, 0.4) is 0 Å². The molecule has 0 bridgehead atoms. The largest absolute Gasteiger partial charge is 0.348 e. The van der Waals surface area contributed by atoms with Crippen LogP contribution in [0.25, 0.3) is 0 Å². The molecular weight excluding hydrogens is 176 g/mol. The van der Waals surface area contributed by atoms with Crippen LogP contribution in [0.15, 0.2) is 0 Å². The molecule has 0 aliphatic heterocycles. The molecule has 82 valence electrons. The van der Waals surface area contributed by atoms with Crippen LogP contribution in [-0.2, 0) is 4.79 Å². The monoisotopic (exact) mass is 198 g/mol. The fourth-order valence-electron chi connectivity index (χ4n) is 2.01. The minimum Gasteiger partial charge on any atom is -0.348 e. The van der Waals surface area contributed by atoms with E-state index in [-0.39, 0.29) is 5.91 Å². The standard InChI is InChI=1S/C11H22N2O/c1-9-5-4-6-10(7-9)12-8-11(14)13(2)3/h9-10,12H,4-8H2,1-3H3. The number of nitrogens with zero attached hydrogens (tertiary/aromatic N) is 1.